The maximum atomic E-state index is 12.4. The number of likely N-dealkylation sites (tertiary alicyclic amines) is 1. The average molecular weight is 338 g/mol. The van der Waals surface area contributed by atoms with Gasteiger partial charge in [0.2, 0.25) is 0 Å². The fraction of sp³-hybridized carbons (Fsp3) is 0.647. The highest BCUT2D eigenvalue weighted by Crippen LogP contribution is 2.17. The van der Waals surface area contributed by atoms with Gasteiger partial charge in [0.15, 0.2) is 5.76 Å². The molecule has 0 aliphatic carbocycles. The summed E-state index contributed by atoms with van der Waals surface area (Å²) in [5.41, 5.74) is -0.514. The van der Waals surface area contributed by atoms with Crippen LogP contribution in [0.25, 0.3) is 0 Å². The number of methoxy groups -OCH3 is 1. The Hall–Kier alpha value is -2.02. The lowest BCUT2D eigenvalue weighted by Crippen LogP contribution is -2.47. The minimum atomic E-state index is -0.514. The highest BCUT2D eigenvalue weighted by molar-refractivity contribution is 5.91. The van der Waals surface area contributed by atoms with Crippen LogP contribution in [0.3, 0.4) is 0 Å². The molecule has 1 aliphatic rings. The molecule has 2 heterocycles. The van der Waals surface area contributed by atoms with E-state index in [9.17, 15) is 9.59 Å². The quantitative estimate of drug-likeness (QED) is 0.912. The largest absolute Gasteiger partial charge is 0.453 e. The molecule has 1 aliphatic heterocycles. The number of nitrogens with one attached hydrogen (secondary N) is 1. The smallest absolute Gasteiger partial charge is 0.407 e. The summed E-state index contributed by atoms with van der Waals surface area (Å²) in [5.74, 6) is 0.816. The van der Waals surface area contributed by atoms with Crippen LogP contribution in [0.4, 0.5) is 4.79 Å². The number of hydrogen-bond acceptors (Lipinski definition) is 5. The number of hydrogen-bond donors (Lipinski definition) is 1. The summed E-state index contributed by atoms with van der Waals surface area (Å²) in [6.45, 7) is 6.97. The van der Waals surface area contributed by atoms with Gasteiger partial charge >= 0.3 is 6.09 Å². The first kappa shape index (κ1) is 18.3. The van der Waals surface area contributed by atoms with Gasteiger partial charge < -0.3 is 24.1 Å². The van der Waals surface area contributed by atoms with Gasteiger partial charge in [0.05, 0.1) is 0 Å². The van der Waals surface area contributed by atoms with E-state index in [0.29, 0.717) is 44.1 Å². The van der Waals surface area contributed by atoms with Gasteiger partial charge in [0.1, 0.15) is 18.0 Å². The second-order valence-electron chi connectivity index (χ2n) is 6.91. The van der Waals surface area contributed by atoms with Crippen molar-refractivity contribution in [2.45, 2.75) is 51.9 Å². The maximum Gasteiger partial charge on any atom is 0.407 e. The Morgan fingerprint density at radius 2 is 1.96 bits per heavy atom. The minimum Gasteiger partial charge on any atom is -0.453 e. The van der Waals surface area contributed by atoms with E-state index in [1.807, 2.05) is 20.8 Å². The molecule has 0 aromatic carbocycles. The molecule has 0 atom stereocenters. The zero-order valence-electron chi connectivity index (χ0n) is 14.8. The van der Waals surface area contributed by atoms with Crippen LogP contribution in [-0.2, 0) is 16.1 Å². The Kier molecular flexibility index (Phi) is 5.88. The van der Waals surface area contributed by atoms with Crippen molar-refractivity contribution in [3.63, 3.8) is 0 Å². The molecule has 1 aromatic heterocycles. The number of piperidine rings is 1. The van der Waals surface area contributed by atoms with Crippen molar-refractivity contribution in [2.24, 2.45) is 0 Å². The van der Waals surface area contributed by atoms with E-state index in [-0.39, 0.29) is 11.9 Å². The molecule has 0 saturated carbocycles. The van der Waals surface area contributed by atoms with E-state index in [0.717, 1.165) is 0 Å². The standard InChI is InChI=1S/C17H26N2O5/c1-17(2,3)24-16(21)18-12-7-9-19(10-8-12)15(20)14-6-5-13(23-14)11-22-4/h5-6,12H,7-11H2,1-4H3,(H,18,21). The summed E-state index contributed by atoms with van der Waals surface area (Å²) in [5, 5.41) is 2.86. The average Bonchev–Trinajstić information content (AvgIpc) is 2.94. The van der Waals surface area contributed by atoms with Gasteiger partial charge in [-0.2, -0.15) is 0 Å². The normalized spacial score (nSPS) is 16.1. The van der Waals surface area contributed by atoms with Gasteiger partial charge in [0.25, 0.3) is 5.91 Å². The van der Waals surface area contributed by atoms with Crippen LogP contribution in [0, 0.1) is 0 Å². The minimum absolute atomic E-state index is 0.0181. The molecule has 1 fully saturated rings. The monoisotopic (exact) mass is 338 g/mol. The zero-order valence-corrected chi connectivity index (χ0v) is 14.8. The molecule has 2 amide bonds. The molecule has 0 radical (unpaired) electrons. The second kappa shape index (κ2) is 7.70. The van der Waals surface area contributed by atoms with Crippen LogP contribution in [0.1, 0.15) is 49.9 Å². The van der Waals surface area contributed by atoms with Crippen molar-refractivity contribution < 1.29 is 23.5 Å². The van der Waals surface area contributed by atoms with Gasteiger partial charge in [-0.3, -0.25) is 4.79 Å². The van der Waals surface area contributed by atoms with Crippen molar-refractivity contribution in [2.75, 3.05) is 20.2 Å². The lowest BCUT2D eigenvalue weighted by molar-refractivity contribution is 0.0470. The Morgan fingerprint density at radius 1 is 1.29 bits per heavy atom. The Morgan fingerprint density at radius 3 is 2.54 bits per heavy atom. The first-order valence-electron chi connectivity index (χ1n) is 8.15. The summed E-state index contributed by atoms with van der Waals surface area (Å²) >= 11 is 0. The number of nitrogens with zero attached hydrogens (tertiary/aromatic N) is 1. The van der Waals surface area contributed by atoms with Gasteiger partial charge in [-0.05, 0) is 45.7 Å². The number of ether oxygens (including phenoxy) is 2. The Labute approximate surface area is 142 Å². The number of rotatable bonds is 4. The molecule has 0 unspecified atom stereocenters. The predicted octanol–water partition coefficient (Wildman–Crippen LogP) is 2.56. The van der Waals surface area contributed by atoms with E-state index in [1.165, 1.54) is 0 Å². The molecule has 1 aromatic rings. The number of carbonyl (C=O) groups excluding carboxylic acids is 2. The summed E-state index contributed by atoms with van der Waals surface area (Å²) in [7, 11) is 1.58. The Bertz CT molecular complexity index is 568. The van der Waals surface area contributed by atoms with Crippen LogP contribution >= 0.6 is 0 Å². The van der Waals surface area contributed by atoms with Crippen molar-refractivity contribution >= 4 is 12.0 Å². The third kappa shape index (κ3) is 5.26. The molecular weight excluding hydrogens is 312 g/mol. The molecule has 1 N–H and O–H groups in total. The third-order valence-electron chi connectivity index (χ3n) is 3.66. The van der Waals surface area contributed by atoms with Crippen LogP contribution in [0.5, 0.6) is 0 Å². The Balaban J connectivity index is 1.81. The van der Waals surface area contributed by atoms with Crippen molar-refractivity contribution in [1.82, 2.24) is 10.2 Å². The van der Waals surface area contributed by atoms with E-state index in [1.54, 1.807) is 24.1 Å². The molecular formula is C17H26N2O5. The zero-order chi connectivity index (χ0) is 17.7. The molecule has 7 nitrogen and oxygen atoms in total. The van der Waals surface area contributed by atoms with E-state index < -0.39 is 11.7 Å². The first-order valence-corrected chi connectivity index (χ1v) is 8.15. The van der Waals surface area contributed by atoms with Crippen LogP contribution in [-0.4, -0.2) is 48.7 Å². The molecule has 7 heteroatoms. The van der Waals surface area contributed by atoms with E-state index in [2.05, 4.69) is 5.32 Å². The van der Waals surface area contributed by atoms with Gasteiger partial charge in [-0.25, -0.2) is 4.79 Å². The summed E-state index contributed by atoms with van der Waals surface area (Å²) < 4.78 is 15.7. The van der Waals surface area contributed by atoms with Crippen LogP contribution in [0.2, 0.25) is 0 Å². The molecule has 2 rings (SSSR count). The van der Waals surface area contributed by atoms with Gasteiger partial charge in [-0.1, -0.05) is 0 Å². The molecule has 0 bridgehead atoms. The topological polar surface area (TPSA) is 81.0 Å². The highest BCUT2D eigenvalue weighted by atomic mass is 16.6. The molecule has 24 heavy (non-hydrogen) atoms. The maximum absolute atomic E-state index is 12.4. The van der Waals surface area contributed by atoms with E-state index >= 15 is 0 Å². The van der Waals surface area contributed by atoms with E-state index in [4.69, 9.17) is 13.9 Å². The van der Waals surface area contributed by atoms with Gasteiger partial charge in [-0.15, -0.1) is 0 Å². The fourth-order valence-corrected chi connectivity index (χ4v) is 2.57. The third-order valence-corrected chi connectivity index (χ3v) is 3.66. The summed E-state index contributed by atoms with van der Waals surface area (Å²) in [4.78, 5) is 25.9. The lowest BCUT2D eigenvalue weighted by atomic mass is 10.1. The predicted molar refractivity (Wildman–Crippen MR) is 87.7 cm³/mol. The second-order valence-corrected chi connectivity index (χ2v) is 6.91. The van der Waals surface area contributed by atoms with Gasteiger partial charge in [0, 0.05) is 26.2 Å². The van der Waals surface area contributed by atoms with Crippen molar-refractivity contribution in [3.05, 3.63) is 23.7 Å². The molecule has 134 valence electrons. The van der Waals surface area contributed by atoms with Crippen LogP contribution < -0.4 is 5.32 Å². The summed E-state index contributed by atoms with van der Waals surface area (Å²) in [6, 6.07) is 3.43. The highest BCUT2D eigenvalue weighted by Gasteiger charge is 2.27. The van der Waals surface area contributed by atoms with Crippen molar-refractivity contribution in [1.29, 1.82) is 0 Å². The fourth-order valence-electron chi connectivity index (χ4n) is 2.57. The van der Waals surface area contributed by atoms with Crippen LogP contribution in [0.15, 0.2) is 16.5 Å². The summed E-state index contributed by atoms with van der Waals surface area (Å²) in [6.07, 6.45) is 0.968. The number of amides is 2. The molecule has 0 spiro atoms. The van der Waals surface area contributed by atoms with Crippen molar-refractivity contribution in [3.8, 4) is 0 Å². The first-order chi connectivity index (χ1) is 11.3. The molecule has 1 saturated heterocycles. The number of carbonyl (C=O) groups is 2. The number of furan rings is 1. The number of alkyl carbamates (subject to hydrolysis) is 1. The lowest BCUT2D eigenvalue weighted by Gasteiger charge is -2.32. The SMILES string of the molecule is COCc1ccc(C(=O)N2CCC(NC(=O)OC(C)(C)C)CC2)o1.